The highest BCUT2D eigenvalue weighted by Gasteiger charge is 2.24. The van der Waals surface area contributed by atoms with Gasteiger partial charge in [0, 0.05) is 25.9 Å². The molecule has 0 spiro atoms. The van der Waals surface area contributed by atoms with Gasteiger partial charge in [0.1, 0.15) is 11.6 Å². The molecule has 39 heavy (non-hydrogen) atoms. The summed E-state index contributed by atoms with van der Waals surface area (Å²) in [6.07, 6.45) is 4.39. The van der Waals surface area contributed by atoms with E-state index in [1.54, 1.807) is 49.9 Å². The van der Waals surface area contributed by atoms with Crippen LogP contribution in [0.25, 0.3) is 11.0 Å². The molecular weight excluding hydrogens is 502 g/mol. The summed E-state index contributed by atoms with van der Waals surface area (Å²) in [6, 6.07) is 11.3. The van der Waals surface area contributed by atoms with Crippen molar-refractivity contribution in [1.29, 1.82) is 0 Å². The van der Waals surface area contributed by atoms with Crippen LogP contribution in [0, 0.1) is 15.5 Å². The number of nitro groups is 1. The second-order valence-corrected chi connectivity index (χ2v) is 9.99. The first-order chi connectivity index (χ1) is 18.5. The Morgan fingerprint density at radius 3 is 2.64 bits per heavy atom. The number of nitrogens with one attached hydrogen (secondary N) is 1. The van der Waals surface area contributed by atoms with Gasteiger partial charge in [0.05, 0.1) is 33.7 Å². The molecule has 0 fully saturated rings. The summed E-state index contributed by atoms with van der Waals surface area (Å²) in [6.45, 7) is 8.25. The highest BCUT2D eigenvalue weighted by atomic mass is 16.6. The maximum atomic E-state index is 12.3. The quantitative estimate of drug-likeness (QED) is 0.154. The number of nitrogens with zero attached hydrogens (tertiary/aromatic N) is 6. The zero-order valence-electron chi connectivity index (χ0n) is 22.5. The number of anilines is 3. The van der Waals surface area contributed by atoms with Gasteiger partial charge in [-0.15, -0.1) is 0 Å². The number of rotatable bonds is 10. The molecule has 1 aromatic carbocycles. The molecule has 1 N–H and O–H groups in total. The Bertz CT molecular complexity index is 1480. The molecule has 12 nitrogen and oxygen atoms in total. The molecule has 0 aliphatic rings. The molecule has 0 saturated heterocycles. The Morgan fingerprint density at radius 2 is 1.97 bits per heavy atom. The lowest BCUT2D eigenvalue weighted by Crippen LogP contribution is -2.24. The fourth-order valence-corrected chi connectivity index (χ4v) is 3.66. The standard InChI is InChI=1S/C27H31N7O5/c1-6-13-32(5)22-11-10-18(16-28-22)29-26-30-23-21(12-14-33(23)17-38-25(35)27(2,3)4)24(31-26)39-20-9-7-8-19(15-20)34(36)37/h7-12,14-16H,6,13,17H2,1-5H3,(H,29,30,31). The summed E-state index contributed by atoms with van der Waals surface area (Å²) < 4.78 is 13.1. The minimum absolute atomic E-state index is 0.0632. The van der Waals surface area contributed by atoms with Crippen LogP contribution in [0.1, 0.15) is 34.1 Å². The number of pyridine rings is 1. The predicted molar refractivity (Wildman–Crippen MR) is 147 cm³/mol. The monoisotopic (exact) mass is 533 g/mol. The van der Waals surface area contributed by atoms with Gasteiger partial charge in [0.2, 0.25) is 11.8 Å². The predicted octanol–water partition coefficient (Wildman–Crippen LogP) is 5.66. The average molecular weight is 534 g/mol. The Labute approximate surface area is 225 Å². The molecule has 0 bridgehead atoms. The van der Waals surface area contributed by atoms with Crippen LogP contribution in [-0.2, 0) is 16.3 Å². The average Bonchev–Trinajstić information content (AvgIpc) is 3.30. The number of ether oxygens (including phenoxy) is 2. The van der Waals surface area contributed by atoms with Crippen LogP contribution >= 0.6 is 0 Å². The van der Waals surface area contributed by atoms with Gasteiger partial charge >= 0.3 is 5.97 Å². The first-order valence-electron chi connectivity index (χ1n) is 12.5. The van der Waals surface area contributed by atoms with Crippen molar-refractivity contribution in [2.24, 2.45) is 5.41 Å². The summed E-state index contributed by atoms with van der Waals surface area (Å²) in [7, 11) is 1.98. The Morgan fingerprint density at radius 1 is 1.18 bits per heavy atom. The minimum atomic E-state index is -0.661. The number of hydrogen-bond donors (Lipinski definition) is 1. The third-order valence-electron chi connectivity index (χ3n) is 5.73. The molecule has 3 heterocycles. The fourth-order valence-electron chi connectivity index (χ4n) is 3.66. The van der Waals surface area contributed by atoms with Gasteiger partial charge in [-0.1, -0.05) is 13.0 Å². The highest BCUT2D eigenvalue weighted by molar-refractivity contribution is 5.83. The van der Waals surface area contributed by atoms with Crippen LogP contribution in [0.2, 0.25) is 0 Å². The topological polar surface area (TPSA) is 138 Å². The third-order valence-corrected chi connectivity index (χ3v) is 5.73. The van der Waals surface area contributed by atoms with Crippen molar-refractivity contribution in [3.8, 4) is 11.6 Å². The fraction of sp³-hybridized carbons (Fsp3) is 0.333. The van der Waals surface area contributed by atoms with Crippen molar-refractivity contribution in [3.05, 3.63) is 65.0 Å². The molecule has 12 heteroatoms. The maximum absolute atomic E-state index is 12.3. The number of carbonyl (C=O) groups excluding carboxylic acids is 1. The summed E-state index contributed by atoms with van der Waals surface area (Å²) in [5, 5.41) is 14.9. The molecule has 0 amide bonds. The van der Waals surface area contributed by atoms with Crippen LogP contribution in [0.3, 0.4) is 0 Å². The number of carbonyl (C=O) groups is 1. The van der Waals surface area contributed by atoms with Gasteiger partial charge in [-0.05, 0) is 51.5 Å². The van der Waals surface area contributed by atoms with Gasteiger partial charge in [-0.2, -0.15) is 9.97 Å². The van der Waals surface area contributed by atoms with E-state index < -0.39 is 10.3 Å². The molecule has 0 aliphatic carbocycles. The van der Waals surface area contributed by atoms with Crippen molar-refractivity contribution in [2.45, 2.75) is 40.8 Å². The number of non-ortho nitro benzene ring substituents is 1. The van der Waals surface area contributed by atoms with Crippen molar-refractivity contribution >= 4 is 40.1 Å². The zero-order chi connectivity index (χ0) is 28.2. The molecule has 4 aromatic rings. The van der Waals surface area contributed by atoms with Gasteiger partial charge in [0.25, 0.3) is 5.69 Å². The van der Waals surface area contributed by atoms with E-state index in [1.807, 2.05) is 19.2 Å². The number of esters is 1. The Kier molecular flexibility index (Phi) is 7.93. The van der Waals surface area contributed by atoms with Crippen molar-refractivity contribution in [3.63, 3.8) is 0 Å². The van der Waals surface area contributed by atoms with E-state index in [1.165, 1.54) is 18.2 Å². The smallest absolute Gasteiger partial charge is 0.312 e. The van der Waals surface area contributed by atoms with E-state index in [2.05, 4.69) is 32.1 Å². The summed E-state index contributed by atoms with van der Waals surface area (Å²) in [5.41, 5.74) is 0.330. The largest absolute Gasteiger partial charge is 0.443 e. The van der Waals surface area contributed by atoms with Crippen molar-refractivity contribution in [2.75, 3.05) is 23.8 Å². The van der Waals surface area contributed by atoms with E-state index in [0.717, 1.165) is 18.8 Å². The van der Waals surface area contributed by atoms with Crippen LogP contribution in [0.4, 0.5) is 23.1 Å². The van der Waals surface area contributed by atoms with Crippen LogP contribution < -0.4 is 15.0 Å². The van der Waals surface area contributed by atoms with Gasteiger partial charge in [-0.25, -0.2) is 4.98 Å². The highest BCUT2D eigenvalue weighted by Crippen LogP contribution is 2.32. The third kappa shape index (κ3) is 6.58. The summed E-state index contributed by atoms with van der Waals surface area (Å²) in [4.78, 5) is 38.8. The van der Waals surface area contributed by atoms with Gasteiger partial charge in [-0.3, -0.25) is 19.5 Å². The first-order valence-corrected chi connectivity index (χ1v) is 12.5. The molecule has 3 aromatic heterocycles. The molecule has 0 saturated carbocycles. The lowest BCUT2D eigenvalue weighted by atomic mass is 9.98. The van der Waals surface area contributed by atoms with Crippen LogP contribution in [0.5, 0.6) is 11.6 Å². The number of nitro benzene ring substituents is 1. The molecule has 0 radical (unpaired) electrons. The number of aromatic nitrogens is 4. The van der Waals surface area contributed by atoms with E-state index in [4.69, 9.17) is 9.47 Å². The molecule has 0 aliphatic heterocycles. The second kappa shape index (κ2) is 11.3. The van der Waals surface area contributed by atoms with Crippen LogP contribution in [-0.4, -0.2) is 44.0 Å². The van der Waals surface area contributed by atoms with E-state index >= 15 is 0 Å². The van der Waals surface area contributed by atoms with E-state index in [9.17, 15) is 14.9 Å². The molecule has 0 atom stereocenters. The molecule has 4 rings (SSSR count). The number of fused-ring (bicyclic) bond motifs is 1. The zero-order valence-corrected chi connectivity index (χ0v) is 22.5. The lowest BCUT2D eigenvalue weighted by Gasteiger charge is -2.17. The maximum Gasteiger partial charge on any atom is 0.312 e. The normalized spacial score (nSPS) is 11.3. The van der Waals surface area contributed by atoms with E-state index in [0.29, 0.717) is 16.7 Å². The summed E-state index contributed by atoms with van der Waals surface area (Å²) >= 11 is 0. The molecule has 204 valence electrons. The lowest BCUT2D eigenvalue weighted by molar-refractivity contribution is -0.384. The van der Waals surface area contributed by atoms with Crippen LogP contribution in [0.15, 0.2) is 54.9 Å². The first kappa shape index (κ1) is 27.3. The minimum Gasteiger partial charge on any atom is -0.443 e. The number of benzene rings is 1. The Hall–Kier alpha value is -4.74. The number of hydrogen-bond acceptors (Lipinski definition) is 10. The SMILES string of the molecule is CCCN(C)c1ccc(Nc2nc(Oc3cccc([N+](=O)[O-])c3)c3ccn(COC(=O)C(C)(C)C)c3n2)cn1. The van der Waals surface area contributed by atoms with Gasteiger partial charge < -0.3 is 19.7 Å². The van der Waals surface area contributed by atoms with Gasteiger partial charge in [0.15, 0.2) is 12.4 Å². The van der Waals surface area contributed by atoms with Crippen molar-refractivity contribution in [1.82, 2.24) is 19.5 Å². The second-order valence-electron chi connectivity index (χ2n) is 9.99. The molecular formula is C27H31N7O5. The Balaban J connectivity index is 1.68. The summed E-state index contributed by atoms with van der Waals surface area (Å²) in [5.74, 6) is 1.11. The van der Waals surface area contributed by atoms with Crippen molar-refractivity contribution < 1.29 is 19.2 Å². The molecule has 0 unspecified atom stereocenters. The van der Waals surface area contributed by atoms with E-state index in [-0.39, 0.29) is 36.0 Å².